The van der Waals surface area contributed by atoms with Gasteiger partial charge in [0.15, 0.2) is 0 Å². The molecule has 20 heavy (non-hydrogen) atoms. The number of nitrogens with one attached hydrogen (secondary N) is 1. The van der Waals surface area contributed by atoms with Crippen LogP contribution in [0.4, 0.5) is 13.2 Å². The van der Waals surface area contributed by atoms with Crippen LogP contribution in [0.1, 0.15) is 28.7 Å². The third kappa shape index (κ3) is 2.99. The molecule has 2 rings (SSSR count). The van der Waals surface area contributed by atoms with Crippen LogP contribution in [0.5, 0.6) is 0 Å². The zero-order valence-corrected chi connectivity index (χ0v) is 11.6. The van der Waals surface area contributed by atoms with E-state index in [1.54, 1.807) is 6.92 Å². The first kappa shape index (κ1) is 14.9. The maximum Gasteiger partial charge on any atom is 0.416 e. The molecule has 0 spiro atoms. The van der Waals surface area contributed by atoms with E-state index in [2.05, 4.69) is 9.97 Å². The van der Waals surface area contributed by atoms with Gasteiger partial charge in [0.25, 0.3) is 0 Å². The minimum atomic E-state index is -4.43. The quantitative estimate of drug-likeness (QED) is 0.853. The Morgan fingerprint density at radius 2 is 2.05 bits per heavy atom. The number of H-pyrrole nitrogens is 1. The Hall–Kier alpha value is -1.47. The second kappa shape index (κ2) is 5.49. The smallest absolute Gasteiger partial charge is 0.380 e. The van der Waals surface area contributed by atoms with Crippen molar-refractivity contribution in [2.45, 2.75) is 24.2 Å². The van der Waals surface area contributed by atoms with Crippen molar-refractivity contribution in [3.8, 4) is 0 Å². The first-order valence-corrected chi connectivity index (χ1v) is 7.01. The summed E-state index contributed by atoms with van der Waals surface area (Å²) in [5.74, 6) is 0.242. The van der Waals surface area contributed by atoms with Gasteiger partial charge >= 0.3 is 6.18 Å². The van der Waals surface area contributed by atoms with E-state index < -0.39 is 17.8 Å². The number of aliphatic hydroxyl groups excluding tert-OH is 1. The van der Waals surface area contributed by atoms with Gasteiger partial charge in [0.05, 0.1) is 5.56 Å². The second-order valence-electron chi connectivity index (χ2n) is 4.28. The van der Waals surface area contributed by atoms with E-state index in [0.29, 0.717) is 5.03 Å². The molecule has 0 fully saturated rings. The van der Waals surface area contributed by atoms with Crippen LogP contribution in [0.2, 0.25) is 0 Å². The second-order valence-corrected chi connectivity index (χ2v) is 5.08. The number of aryl methyl sites for hydroxylation is 1. The van der Waals surface area contributed by atoms with Gasteiger partial charge in [0.1, 0.15) is 17.0 Å². The maximum absolute atomic E-state index is 12.6. The Bertz CT molecular complexity index is 610. The van der Waals surface area contributed by atoms with Crippen LogP contribution in [-0.4, -0.2) is 21.3 Å². The van der Waals surface area contributed by atoms with Crippen LogP contribution in [-0.2, 0) is 6.18 Å². The van der Waals surface area contributed by atoms with Crippen molar-refractivity contribution in [2.24, 2.45) is 0 Å². The summed E-state index contributed by atoms with van der Waals surface area (Å²) < 4.78 is 37.9. The number of thioether (sulfide) groups is 1. The van der Waals surface area contributed by atoms with Crippen molar-refractivity contribution in [1.29, 1.82) is 0 Å². The lowest BCUT2D eigenvalue weighted by Crippen LogP contribution is -2.08. The molecule has 1 unspecified atom stereocenters. The molecule has 0 saturated heterocycles. The molecule has 1 aromatic carbocycles. The fourth-order valence-electron chi connectivity index (χ4n) is 1.84. The van der Waals surface area contributed by atoms with Gasteiger partial charge in [-0.2, -0.15) is 13.2 Å². The number of alkyl halides is 3. The average molecular weight is 302 g/mol. The molecule has 0 aliphatic rings. The lowest BCUT2D eigenvalue weighted by Gasteiger charge is -2.12. The van der Waals surface area contributed by atoms with Crippen molar-refractivity contribution >= 4 is 11.8 Å². The van der Waals surface area contributed by atoms with E-state index in [1.807, 2.05) is 6.26 Å². The first-order valence-electron chi connectivity index (χ1n) is 5.78. The molecule has 0 aliphatic carbocycles. The van der Waals surface area contributed by atoms with Gasteiger partial charge < -0.3 is 10.1 Å². The van der Waals surface area contributed by atoms with Crippen LogP contribution in [0.15, 0.2) is 29.3 Å². The summed E-state index contributed by atoms with van der Waals surface area (Å²) in [5, 5.41) is 10.9. The molecular formula is C13H13F3N2OS. The fraction of sp³-hybridized carbons (Fsp3) is 0.308. The van der Waals surface area contributed by atoms with Gasteiger partial charge in [-0.15, -0.1) is 11.8 Å². The molecule has 2 aromatic rings. The summed E-state index contributed by atoms with van der Waals surface area (Å²) in [6.07, 6.45) is -3.81. The molecule has 7 heteroatoms. The fourth-order valence-corrected chi connectivity index (χ4v) is 2.38. The van der Waals surface area contributed by atoms with Crippen molar-refractivity contribution < 1.29 is 18.3 Å². The molecular weight excluding hydrogens is 289 g/mol. The minimum Gasteiger partial charge on any atom is -0.380 e. The summed E-state index contributed by atoms with van der Waals surface area (Å²) >= 11 is 1.40. The third-order valence-corrected chi connectivity index (χ3v) is 3.62. The van der Waals surface area contributed by atoms with Gasteiger partial charge in [-0.25, -0.2) is 4.98 Å². The maximum atomic E-state index is 12.6. The lowest BCUT2D eigenvalue weighted by molar-refractivity contribution is -0.137. The number of hydrogen-bond donors (Lipinski definition) is 2. The summed E-state index contributed by atoms with van der Waals surface area (Å²) in [6, 6.07) is 4.61. The van der Waals surface area contributed by atoms with Gasteiger partial charge in [-0.05, 0) is 30.9 Å². The summed E-state index contributed by atoms with van der Waals surface area (Å²) in [5.41, 5.74) is 0.141. The summed E-state index contributed by atoms with van der Waals surface area (Å²) in [4.78, 5) is 7.06. The Kier molecular flexibility index (Phi) is 4.10. The third-order valence-electron chi connectivity index (χ3n) is 2.84. The number of aromatic amines is 1. The number of benzene rings is 1. The number of aliphatic hydroxyl groups is 1. The standard InChI is InChI=1S/C13H13F3N2OS/c1-7-12(20-2)18-11(17-7)10(19)8-4-3-5-9(6-8)13(14,15)16/h3-6,10,19H,1-2H3,(H,17,18). The predicted molar refractivity (Wildman–Crippen MR) is 70.6 cm³/mol. The number of hydrogen-bond acceptors (Lipinski definition) is 3. The molecule has 1 heterocycles. The highest BCUT2D eigenvalue weighted by atomic mass is 32.2. The minimum absolute atomic E-state index is 0.154. The van der Waals surface area contributed by atoms with Crippen LogP contribution in [0, 0.1) is 6.92 Å². The van der Waals surface area contributed by atoms with Gasteiger partial charge in [0, 0.05) is 5.69 Å². The number of aromatic nitrogens is 2. The van der Waals surface area contributed by atoms with Crippen molar-refractivity contribution in [3.05, 3.63) is 46.9 Å². The van der Waals surface area contributed by atoms with E-state index in [9.17, 15) is 18.3 Å². The average Bonchev–Trinajstić information content (AvgIpc) is 2.78. The normalized spacial score (nSPS) is 13.5. The van der Waals surface area contributed by atoms with Gasteiger partial charge in [0.2, 0.25) is 0 Å². The van der Waals surface area contributed by atoms with E-state index in [1.165, 1.54) is 23.9 Å². The highest BCUT2D eigenvalue weighted by molar-refractivity contribution is 7.98. The Balaban J connectivity index is 2.35. The van der Waals surface area contributed by atoms with Crippen molar-refractivity contribution in [2.75, 3.05) is 6.26 Å². The molecule has 0 amide bonds. The summed E-state index contributed by atoms with van der Waals surface area (Å²) in [7, 11) is 0. The summed E-state index contributed by atoms with van der Waals surface area (Å²) in [6.45, 7) is 1.79. The first-order chi connectivity index (χ1) is 9.32. The van der Waals surface area contributed by atoms with Crippen molar-refractivity contribution in [3.63, 3.8) is 0 Å². The van der Waals surface area contributed by atoms with Crippen LogP contribution in [0.25, 0.3) is 0 Å². The Labute approximate surface area is 118 Å². The van der Waals surface area contributed by atoms with Crippen LogP contribution in [0.3, 0.4) is 0 Å². The molecule has 0 aliphatic heterocycles. The van der Waals surface area contributed by atoms with Crippen molar-refractivity contribution in [1.82, 2.24) is 9.97 Å². The monoisotopic (exact) mass is 302 g/mol. The molecule has 0 saturated carbocycles. The zero-order chi connectivity index (χ0) is 14.9. The number of imidazole rings is 1. The van der Waals surface area contributed by atoms with Gasteiger partial charge in [-0.1, -0.05) is 12.1 Å². The van der Waals surface area contributed by atoms with Gasteiger partial charge in [-0.3, -0.25) is 0 Å². The zero-order valence-electron chi connectivity index (χ0n) is 10.8. The topological polar surface area (TPSA) is 48.9 Å². The lowest BCUT2D eigenvalue weighted by atomic mass is 10.1. The molecule has 108 valence electrons. The largest absolute Gasteiger partial charge is 0.416 e. The number of halogens is 3. The number of rotatable bonds is 3. The highest BCUT2D eigenvalue weighted by Gasteiger charge is 2.31. The SMILES string of the molecule is CSc1nc(C(O)c2cccc(C(F)(F)F)c2)[nH]c1C. The predicted octanol–water partition coefficient (Wildman–Crippen LogP) is 3.54. The molecule has 2 N–H and O–H groups in total. The Morgan fingerprint density at radius 3 is 2.60 bits per heavy atom. The molecule has 0 bridgehead atoms. The molecule has 1 atom stereocenters. The highest BCUT2D eigenvalue weighted by Crippen LogP contribution is 2.32. The van der Waals surface area contributed by atoms with Crippen LogP contribution < -0.4 is 0 Å². The van der Waals surface area contributed by atoms with E-state index in [-0.39, 0.29) is 11.4 Å². The molecule has 3 nitrogen and oxygen atoms in total. The van der Waals surface area contributed by atoms with E-state index >= 15 is 0 Å². The van der Waals surface area contributed by atoms with E-state index in [0.717, 1.165) is 17.8 Å². The number of nitrogens with zero attached hydrogens (tertiary/aromatic N) is 1. The molecule has 0 radical (unpaired) electrons. The van der Waals surface area contributed by atoms with Crippen LogP contribution >= 0.6 is 11.8 Å². The Morgan fingerprint density at radius 1 is 1.35 bits per heavy atom. The molecule has 1 aromatic heterocycles. The van der Waals surface area contributed by atoms with E-state index in [4.69, 9.17) is 0 Å².